The highest BCUT2D eigenvalue weighted by molar-refractivity contribution is 5.78. The lowest BCUT2D eigenvalue weighted by Crippen LogP contribution is -2.39. The molecule has 3 rings (SSSR count). The number of hydrogen-bond acceptors (Lipinski definition) is 4. The van der Waals surface area contributed by atoms with E-state index in [1.165, 1.54) is 5.56 Å². The van der Waals surface area contributed by atoms with Crippen LogP contribution >= 0.6 is 0 Å². The van der Waals surface area contributed by atoms with Crippen molar-refractivity contribution in [2.24, 2.45) is 0 Å². The van der Waals surface area contributed by atoms with Crippen LogP contribution in [0, 0.1) is 13.8 Å². The molecule has 5 heteroatoms. The standard InChI is InChI=1S/C24H32N2O3/c1-18-7-12-22(14-19(18)2)29-17-24(27)26(16-23-6-5-13-28-23)15-20-8-10-21(11-9-20)25(3)4/h7-12,14,23H,5-6,13,15-17H2,1-4H3/t23-/m0/s1. The fourth-order valence-corrected chi connectivity index (χ4v) is 3.45. The normalized spacial score (nSPS) is 15.9. The fourth-order valence-electron chi connectivity index (χ4n) is 3.45. The summed E-state index contributed by atoms with van der Waals surface area (Å²) in [5.41, 5.74) is 4.62. The summed E-state index contributed by atoms with van der Waals surface area (Å²) in [6.45, 7) is 6.09. The summed E-state index contributed by atoms with van der Waals surface area (Å²) in [4.78, 5) is 16.9. The van der Waals surface area contributed by atoms with E-state index in [2.05, 4.69) is 36.1 Å². The SMILES string of the molecule is Cc1ccc(OCC(=O)N(Cc2ccc(N(C)C)cc2)C[C@@H]2CCCO2)cc1C. The highest BCUT2D eigenvalue weighted by Gasteiger charge is 2.23. The second-order valence-electron chi connectivity index (χ2n) is 8.00. The highest BCUT2D eigenvalue weighted by atomic mass is 16.5. The van der Waals surface area contributed by atoms with Crippen molar-refractivity contribution in [2.75, 3.05) is 38.8 Å². The zero-order valence-corrected chi connectivity index (χ0v) is 18.0. The van der Waals surface area contributed by atoms with E-state index in [9.17, 15) is 4.79 Å². The molecular weight excluding hydrogens is 364 g/mol. The molecule has 1 amide bonds. The second-order valence-corrected chi connectivity index (χ2v) is 8.00. The lowest BCUT2D eigenvalue weighted by molar-refractivity contribution is -0.135. The van der Waals surface area contributed by atoms with E-state index in [-0.39, 0.29) is 18.6 Å². The molecule has 2 aromatic carbocycles. The second kappa shape index (κ2) is 9.79. The lowest BCUT2D eigenvalue weighted by Gasteiger charge is -2.26. The largest absolute Gasteiger partial charge is 0.484 e. The van der Waals surface area contributed by atoms with Crippen LogP contribution in [0.3, 0.4) is 0 Å². The van der Waals surface area contributed by atoms with E-state index < -0.39 is 0 Å². The van der Waals surface area contributed by atoms with Crippen molar-refractivity contribution in [2.45, 2.75) is 39.3 Å². The van der Waals surface area contributed by atoms with Gasteiger partial charge in [0.25, 0.3) is 5.91 Å². The summed E-state index contributed by atoms with van der Waals surface area (Å²) < 4.78 is 11.6. The van der Waals surface area contributed by atoms with Gasteiger partial charge in [-0.1, -0.05) is 18.2 Å². The number of nitrogens with zero attached hydrogens (tertiary/aromatic N) is 2. The number of ether oxygens (including phenoxy) is 2. The van der Waals surface area contributed by atoms with Gasteiger partial charge in [-0.25, -0.2) is 0 Å². The Morgan fingerprint density at radius 2 is 1.86 bits per heavy atom. The Hall–Kier alpha value is -2.53. The predicted molar refractivity (Wildman–Crippen MR) is 117 cm³/mol. The van der Waals surface area contributed by atoms with Crippen LogP contribution in [-0.2, 0) is 16.1 Å². The average molecular weight is 397 g/mol. The van der Waals surface area contributed by atoms with Gasteiger partial charge < -0.3 is 19.3 Å². The molecular formula is C24H32N2O3. The molecule has 156 valence electrons. The molecule has 1 fully saturated rings. The molecule has 1 heterocycles. The molecule has 1 aliphatic rings. The summed E-state index contributed by atoms with van der Waals surface area (Å²) in [7, 11) is 4.04. The first-order valence-corrected chi connectivity index (χ1v) is 10.3. The molecule has 0 aromatic heterocycles. The Morgan fingerprint density at radius 1 is 1.10 bits per heavy atom. The Balaban J connectivity index is 1.66. The average Bonchev–Trinajstić information content (AvgIpc) is 3.21. The summed E-state index contributed by atoms with van der Waals surface area (Å²) >= 11 is 0. The molecule has 2 aromatic rings. The first-order chi connectivity index (χ1) is 13.9. The fraction of sp³-hybridized carbons (Fsp3) is 0.458. The van der Waals surface area contributed by atoms with Crippen molar-refractivity contribution in [1.82, 2.24) is 4.90 Å². The molecule has 0 spiro atoms. The van der Waals surface area contributed by atoms with Gasteiger partial charge in [0.1, 0.15) is 5.75 Å². The Kier molecular flexibility index (Phi) is 7.15. The van der Waals surface area contributed by atoms with Gasteiger partial charge in [0, 0.05) is 39.5 Å². The van der Waals surface area contributed by atoms with E-state index in [0.717, 1.165) is 42.0 Å². The van der Waals surface area contributed by atoms with Crippen LogP contribution in [0.4, 0.5) is 5.69 Å². The maximum absolute atomic E-state index is 13.0. The first kappa shape index (κ1) is 21.2. The number of anilines is 1. The molecule has 1 atom stereocenters. The number of aryl methyl sites for hydroxylation is 2. The monoisotopic (exact) mass is 396 g/mol. The molecule has 5 nitrogen and oxygen atoms in total. The van der Waals surface area contributed by atoms with Crippen LogP contribution in [0.25, 0.3) is 0 Å². The van der Waals surface area contributed by atoms with E-state index in [1.807, 2.05) is 44.1 Å². The van der Waals surface area contributed by atoms with Gasteiger partial charge in [-0.3, -0.25) is 4.79 Å². The van der Waals surface area contributed by atoms with Gasteiger partial charge in [0.15, 0.2) is 6.61 Å². The highest BCUT2D eigenvalue weighted by Crippen LogP contribution is 2.19. The third kappa shape index (κ3) is 5.97. The number of carbonyl (C=O) groups is 1. The Bertz CT molecular complexity index is 811. The van der Waals surface area contributed by atoms with E-state index in [1.54, 1.807) is 0 Å². The van der Waals surface area contributed by atoms with Crippen molar-refractivity contribution in [1.29, 1.82) is 0 Å². The summed E-state index contributed by atoms with van der Waals surface area (Å²) in [6, 6.07) is 14.2. The van der Waals surface area contributed by atoms with Crippen LogP contribution in [0.15, 0.2) is 42.5 Å². The minimum Gasteiger partial charge on any atom is -0.484 e. The van der Waals surface area contributed by atoms with Crippen molar-refractivity contribution < 1.29 is 14.3 Å². The Morgan fingerprint density at radius 3 is 2.48 bits per heavy atom. The number of carbonyl (C=O) groups excluding carboxylic acids is 1. The minimum atomic E-state index is -0.0181. The third-order valence-corrected chi connectivity index (χ3v) is 5.47. The summed E-state index contributed by atoms with van der Waals surface area (Å²) in [6.07, 6.45) is 2.17. The molecule has 0 saturated carbocycles. The lowest BCUT2D eigenvalue weighted by atomic mass is 10.1. The predicted octanol–water partition coefficient (Wildman–Crippen LogP) is 3.96. The van der Waals surface area contributed by atoms with Crippen LogP contribution in [0.2, 0.25) is 0 Å². The maximum Gasteiger partial charge on any atom is 0.260 e. The molecule has 1 saturated heterocycles. The number of benzene rings is 2. The number of rotatable bonds is 8. The van der Waals surface area contributed by atoms with Crippen molar-refractivity contribution in [3.63, 3.8) is 0 Å². The first-order valence-electron chi connectivity index (χ1n) is 10.3. The zero-order chi connectivity index (χ0) is 20.8. The molecule has 0 N–H and O–H groups in total. The van der Waals surface area contributed by atoms with Crippen LogP contribution < -0.4 is 9.64 Å². The Labute approximate surface area is 174 Å². The van der Waals surface area contributed by atoms with E-state index in [4.69, 9.17) is 9.47 Å². The van der Waals surface area contributed by atoms with Crippen LogP contribution in [0.5, 0.6) is 5.75 Å². The van der Waals surface area contributed by atoms with Crippen molar-refractivity contribution in [3.8, 4) is 5.75 Å². The molecule has 0 bridgehead atoms. The number of amides is 1. The molecule has 0 aliphatic carbocycles. The van der Waals surface area contributed by atoms with Gasteiger partial charge in [-0.2, -0.15) is 0 Å². The van der Waals surface area contributed by atoms with Gasteiger partial charge in [0.05, 0.1) is 6.10 Å². The quantitative estimate of drug-likeness (QED) is 0.677. The van der Waals surface area contributed by atoms with E-state index >= 15 is 0 Å². The summed E-state index contributed by atoms with van der Waals surface area (Å²) in [5.74, 6) is 0.712. The zero-order valence-electron chi connectivity index (χ0n) is 18.0. The van der Waals surface area contributed by atoms with Gasteiger partial charge in [0.2, 0.25) is 0 Å². The van der Waals surface area contributed by atoms with Gasteiger partial charge in [-0.05, 0) is 67.6 Å². The molecule has 1 aliphatic heterocycles. The molecule has 29 heavy (non-hydrogen) atoms. The molecule has 0 radical (unpaired) electrons. The van der Waals surface area contributed by atoms with E-state index in [0.29, 0.717) is 13.1 Å². The number of hydrogen-bond donors (Lipinski definition) is 0. The third-order valence-electron chi connectivity index (χ3n) is 5.47. The van der Waals surface area contributed by atoms with Crippen molar-refractivity contribution >= 4 is 11.6 Å². The van der Waals surface area contributed by atoms with Crippen LogP contribution in [-0.4, -0.2) is 50.8 Å². The maximum atomic E-state index is 13.0. The topological polar surface area (TPSA) is 42.0 Å². The van der Waals surface area contributed by atoms with Crippen LogP contribution in [0.1, 0.15) is 29.5 Å². The van der Waals surface area contributed by atoms with Crippen molar-refractivity contribution in [3.05, 3.63) is 59.2 Å². The van der Waals surface area contributed by atoms with Gasteiger partial charge >= 0.3 is 0 Å². The molecule has 0 unspecified atom stereocenters. The smallest absolute Gasteiger partial charge is 0.260 e. The van der Waals surface area contributed by atoms with Gasteiger partial charge in [-0.15, -0.1) is 0 Å². The summed E-state index contributed by atoms with van der Waals surface area (Å²) in [5, 5.41) is 0. The minimum absolute atomic E-state index is 0.0181.